The smallest absolute Gasteiger partial charge is 0.191 e. The quantitative estimate of drug-likeness (QED) is 0.390. The van der Waals surface area contributed by atoms with Crippen LogP contribution in [-0.4, -0.2) is 44.3 Å². The topological polar surface area (TPSA) is 48.9 Å². The lowest BCUT2D eigenvalue weighted by Gasteiger charge is -2.32. The van der Waals surface area contributed by atoms with E-state index in [1.807, 2.05) is 7.05 Å². The SMILES string of the molecule is CN=C(NCc1ccc(N2CCC(C)CC2)cc1)NC1CC2CCC1O2.I. The maximum atomic E-state index is 5.92. The van der Waals surface area contributed by atoms with Gasteiger partial charge in [-0.05, 0) is 55.7 Å². The number of hydrogen-bond acceptors (Lipinski definition) is 3. The second kappa shape index (κ2) is 9.45. The van der Waals surface area contributed by atoms with Crippen LogP contribution in [0, 0.1) is 5.92 Å². The van der Waals surface area contributed by atoms with Crippen LogP contribution in [0.5, 0.6) is 0 Å². The molecule has 0 radical (unpaired) electrons. The average Bonchev–Trinajstić information content (AvgIpc) is 3.29. The normalized spacial score (nSPS) is 28.1. The van der Waals surface area contributed by atoms with Gasteiger partial charge in [0.25, 0.3) is 0 Å². The molecule has 27 heavy (non-hydrogen) atoms. The lowest BCUT2D eigenvalue weighted by molar-refractivity contribution is 0.0992. The van der Waals surface area contributed by atoms with Gasteiger partial charge in [-0.1, -0.05) is 19.1 Å². The minimum Gasteiger partial charge on any atom is -0.373 e. The van der Waals surface area contributed by atoms with E-state index in [2.05, 4.69) is 51.7 Å². The molecule has 1 aromatic rings. The number of benzene rings is 1. The van der Waals surface area contributed by atoms with Gasteiger partial charge < -0.3 is 20.3 Å². The van der Waals surface area contributed by atoms with Crippen LogP contribution in [0.1, 0.15) is 44.6 Å². The van der Waals surface area contributed by atoms with E-state index in [0.29, 0.717) is 18.2 Å². The second-order valence-corrected chi connectivity index (χ2v) is 8.12. The van der Waals surface area contributed by atoms with E-state index in [1.54, 1.807) is 0 Å². The van der Waals surface area contributed by atoms with Crippen molar-refractivity contribution in [3.05, 3.63) is 29.8 Å². The number of guanidine groups is 1. The summed E-state index contributed by atoms with van der Waals surface area (Å²) in [5.41, 5.74) is 2.63. The van der Waals surface area contributed by atoms with Crippen LogP contribution in [-0.2, 0) is 11.3 Å². The first-order valence-corrected chi connectivity index (χ1v) is 10.2. The summed E-state index contributed by atoms with van der Waals surface area (Å²) < 4.78 is 5.92. The lowest BCUT2D eigenvalue weighted by Crippen LogP contribution is -2.47. The molecular weight excluding hydrogens is 451 g/mol. The monoisotopic (exact) mass is 484 g/mol. The van der Waals surface area contributed by atoms with Gasteiger partial charge in [0.15, 0.2) is 5.96 Å². The molecule has 3 aliphatic heterocycles. The first kappa shape index (κ1) is 20.7. The summed E-state index contributed by atoms with van der Waals surface area (Å²) in [5, 5.41) is 6.99. The summed E-state index contributed by atoms with van der Waals surface area (Å²) in [6.45, 7) is 5.51. The van der Waals surface area contributed by atoms with E-state index in [-0.39, 0.29) is 24.0 Å². The maximum absolute atomic E-state index is 5.92. The fourth-order valence-corrected chi connectivity index (χ4v) is 4.44. The van der Waals surface area contributed by atoms with Gasteiger partial charge in [-0.3, -0.25) is 4.99 Å². The highest BCUT2D eigenvalue weighted by Crippen LogP contribution is 2.34. The van der Waals surface area contributed by atoms with Crippen molar-refractivity contribution < 1.29 is 4.74 Å². The molecule has 0 aromatic heterocycles. The number of anilines is 1. The Morgan fingerprint density at radius 1 is 1.15 bits per heavy atom. The van der Waals surface area contributed by atoms with Gasteiger partial charge in [0.2, 0.25) is 0 Å². The molecule has 3 saturated heterocycles. The van der Waals surface area contributed by atoms with Gasteiger partial charge in [0, 0.05) is 32.4 Å². The molecule has 0 spiro atoms. The van der Waals surface area contributed by atoms with Gasteiger partial charge in [0.05, 0.1) is 18.2 Å². The summed E-state index contributed by atoms with van der Waals surface area (Å²) in [5.74, 6) is 1.75. The van der Waals surface area contributed by atoms with Crippen molar-refractivity contribution in [3.63, 3.8) is 0 Å². The largest absolute Gasteiger partial charge is 0.373 e. The predicted molar refractivity (Wildman–Crippen MR) is 122 cm³/mol. The molecule has 3 unspecified atom stereocenters. The van der Waals surface area contributed by atoms with Gasteiger partial charge in [-0.15, -0.1) is 24.0 Å². The van der Waals surface area contributed by atoms with Crippen LogP contribution >= 0.6 is 24.0 Å². The first-order valence-electron chi connectivity index (χ1n) is 10.2. The number of fused-ring (bicyclic) bond motifs is 2. The molecule has 1 aromatic carbocycles. The third-order valence-corrected chi connectivity index (χ3v) is 6.20. The van der Waals surface area contributed by atoms with Crippen LogP contribution in [0.2, 0.25) is 0 Å². The number of aliphatic imine (C=N–C) groups is 1. The highest BCUT2D eigenvalue weighted by molar-refractivity contribution is 14.0. The minimum atomic E-state index is 0. The fourth-order valence-electron chi connectivity index (χ4n) is 4.44. The van der Waals surface area contributed by atoms with Crippen molar-refractivity contribution in [2.45, 2.75) is 63.8 Å². The van der Waals surface area contributed by atoms with Gasteiger partial charge >= 0.3 is 0 Å². The van der Waals surface area contributed by atoms with Gasteiger partial charge in [-0.2, -0.15) is 0 Å². The number of hydrogen-bond donors (Lipinski definition) is 2. The zero-order chi connectivity index (χ0) is 17.9. The molecule has 0 saturated carbocycles. The molecule has 3 heterocycles. The second-order valence-electron chi connectivity index (χ2n) is 8.12. The fraction of sp³-hybridized carbons (Fsp3) is 0.667. The Hall–Kier alpha value is -1.02. The van der Waals surface area contributed by atoms with E-state index >= 15 is 0 Å². The third-order valence-electron chi connectivity index (χ3n) is 6.20. The summed E-state index contributed by atoms with van der Waals surface area (Å²) >= 11 is 0. The molecule has 2 N–H and O–H groups in total. The van der Waals surface area contributed by atoms with Crippen molar-refractivity contribution in [2.75, 3.05) is 25.0 Å². The van der Waals surface area contributed by atoms with Crippen LogP contribution in [0.25, 0.3) is 0 Å². The number of ether oxygens (including phenoxy) is 1. The molecule has 3 fully saturated rings. The number of rotatable bonds is 4. The number of piperidine rings is 1. The predicted octanol–water partition coefficient (Wildman–Crippen LogP) is 3.53. The average molecular weight is 484 g/mol. The number of halogens is 1. The Balaban J connectivity index is 0.00000210. The molecule has 0 aliphatic carbocycles. The van der Waals surface area contributed by atoms with Crippen molar-refractivity contribution >= 4 is 35.6 Å². The maximum Gasteiger partial charge on any atom is 0.191 e. The molecule has 0 amide bonds. The lowest BCUT2D eigenvalue weighted by atomic mass is 9.96. The van der Waals surface area contributed by atoms with Gasteiger partial charge in [-0.25, -0.2) is 0 Å². The van der Waals surface area contributed by atoms with E-state index in [0.717, 1.165) is 24.8 Å². The van der Waals surface area contributed by atoms with E-state index in [1.165, 1.54) is 50.0 Å². The summed E-state index contributed by atoms with van der Waals surface area (Å²) in [7, 11) is 1.84. The molecule has 150 valence electrons. The Morgan fingerprint density at radius 3 is 2.48 bits per heavy atom. The van der Waals surface area contributed by atoms with Crippen molar-refractivity contribution in [3.8, 4) is 0 Å². The van der Waals surface area contributed by atoms with Crippen LogP contribution in [0.15, 0.2) is 29.3 Å². The standard InChI is InChI=1S/C21H32N4O.HI/c1-15-9-11-25(12-10-15)17-5-3-16(4-6-17)14-23-21(22-2)24-19-13-18-7-8-20(19)26-18;/h3-6,15,18-20H,7-14H2,1-2H3,(H2,22,23,24);1H. The Labute approximate surface area is 180 Å². The molecule has 2 bridgehead atoms. The van der Waals surface area contributed by atoms with E-state index in [9.17, 15) is 0 Å². The van der Waals surface area contributed by atoms with Crippen molar-refractivity contribution in [1.29, 1.82) is 0 Å². The molecule has 3 aliphatic rings. The number of nitrogens with one attached hydrogen (secondary N) is 2. The van der Waals surface area contributed by atoms with Crippen LogP contribution in [0.3, 0.4) is 0 Å². The highest BCUT2D eigenvalue weighted by Gasteiger charge is 2.41. The van der Waals surface area contributed by atoms with Crippen molar-refractivity contribution in [1.82, 2.24) is 10.6 Å². The summed E-state index contributed by atoms with van der Waals surface area (Å²) in [4.78, 5) is 6.89. The molecule has 4 rings (SSSR count). The summed E-state index contributed by atoms with van der Waals surface area (Å²) in [6, 6.07) is 9.38. The minimum absolute atomic E-state index is 0. The Morgan fingerprint density at radius 2 is 1.89 bits per heavy atom. The number of nitrogens with zero attached hydrogens (tertiary/aromatic N) is 2. The third kappa shape index (κ3) is 5.08. The molecule has 6 heteroatoms. The van der Waals surface area contributed by atoms with E-state index < -0.39 is 0 Å². The summed E-state index contributed by atoms with van der Waals surface area (Å²) in [6.07, 6.45) is 6.93. The molecule has 5 nitrogen and oxygen atoms in total. The first-order chi connectivity index (χ1) is 12.7. The zero-order valence-corrected chi connectivity index (χ0v) is 18.8. The Bertz CT molecular complexity index is 628. The molecular formula is C21H33IN4O. The van der Waals surface area contributed by atoms with Crippen LogP contribution in [0.4, 0.5) is 5.69 Å². The van der Waals surface area contributed by atoms with Crippen LogP contribution < -0.4 is 15.5 Å². The van der Waals surface area contributed by atoms with E-state index in [4.69, 9.17) is 4.74 Å². The molecule has 3 atom stereocenters. The Kier molecular flexibility index (Phi) is 7.25. The van der Waals surface area contributed by atoms with Gasteiger partial charge in [0.1, 0.15) is 0 Å². The highest BCUT2D eigenvalue weighted by atomic mass is 127. The van der Waals surface area contributed by atoms with Crippen molar-refractivity contribution in [2.24, 2.45) is 10.9 Å². The zero-order valence-electron chi connectivity index (χ0n) is 16.5.